The average Bonchev–Trinajstić information content (AvgIpc) is 2.99. The molecule has 49 heavy (non-hydrogen) atoms. The monoisotopic (exact) mass is 694 g/mol. The van der Waals surface area contributed by atoms with Gasteiger partial charge in [0.15, 0.2) is 0 Å². The van der Waals surface area contributed by atoms with E-state index in [1.165, 1.54) is 13.1 Å². The molecule has 0 saturated carbocycles. The van der Waals surface area contributed by atoms with Gasteiger partial charge in [-0.1, -0.05) is 26.8 Å². The third-order valence-electron chi connectivity index (χ3n) is 7.34. The molecule has 2 rings (SSSR count). The Bertz CT molecular complexity index is 1430. The van der Waals surface area contributed by atoms with E-state index in [-0.39, 0.29) is 12.0 Å². The Balaban J connectivity index is 0.000000877. The van der Waals surface area contributed by atoms with Gasteiger partial charge >= 0.3 is 12.1 Å². The number of amides is 1. The molecule has 0 radical (unpaired) electrons. The second-order valence-corrected chi connectivity index (χ2v) is 12.4. The summed E-state index contributed by atoms with van der Waals surface area (Å²) in [5.74, 6) is -1.42. The lowest BCUT2D eigenvalue weighted by Crippen LogP contribution is -2.26. The molecule has 0 saturated heterocycles. The molecule has 0 fully saturated rings. The van der Waals surface area contributed by atoms with Crippen LogP contribution in [0.25, 0.3) is 11.1 Å². The van der Waals surface area contributed by atoms with Gasteiger partial charge in [-0.05, 0) is 126 Å². The number of hydrogen-bond donors (Lipinski definition) is 3. The van der Waals surface area contributed by atoms with Crippen LogP contribution in [0, 0.1) is 32.5 Å². The Kier molecular flexibility index (Phi) is 20.2. The molecule has 4 N–H and O–H groups in total. The van der Waals surface area contributed by atoms with Crippen LogP contribution in [-0.4, -0.2) is 61.1 Å². The third kappa shape index (κ3) is 16.4. The van der Waals surface area contributed by atoms with Crippen LogP contribution in [0.2, 0.25) is 0 Å². The Morgan fingerprint density at radius 1 is 1.08 bits per heavy atom. The van der Waals surface area contributed by atoms with Crippen LogP contribution in [0.3, 0.4) is 0 Å². The molecule has 0 heterocycles. The topological polar surface area (TPSA) is 125 Å². The van der Waals surface area contributed by atoms with Crippen molar-refractivity contribution in [3.05, 3.63) is 69.7 Å². The first kappa shape index (κ1) is 45.1. The van der Waals surface area contributed by atoms with Crippen LogP contribution in [-0.2, 0) is 20.6 Å². The lowest BCUT2D eigenvalue weighted by Gasteiger charge is -2.20. The summed E-state index contributed by atoms with van der Waals surface area (Å²) in [6.45, 7) is 16.5. The minimum Gasteiger partial charge on any atom is -0.481 e. The van der Waals surface area contributed by atoms with E-state index in [2.05, 4.69) is 36.0 Å². The molecular weight excluding hydrogens is 640 g/mol. The highest BCUT2D eigenvalue weighted by Crippen LogP contribution is 2.37. The summed E-state index contributed by atoms with van der Waals surface area (Å²) in [7, 11) is 3.56. The Morgan fingerprint density at radius 3 is 2.04 bits per heavy atom. The molecule has 0 aliphatic carbocycles. The molecule has 0 spiro atoms. The van der Waals surface area contributed by atoms with E-state index in [0.717, 1.165) is 56.5 Å². The van der Waals surface area contributed by atoms with E-state index in [4.69, 9.17) is 10.8 Å². The molecular formula is C37H54F4N4O4. The largest absolute Gasteiger partial charge is 0.481 e. The van der Waals surface area contributed by atoms with E-state index < -0.39 is 35.5 Å². The molecule has 0 bridgehead atoms. The summed E-state index contributed by atoms with van der Waals surface area (Å²) in [6, 6.07) is 4.45. The standard InChI is InChI=1S/C20H21F4NO2.C11H21N3O.C6H12O/c1-10-6-14(20(22,23)24)7-11(2)18(10)13-5-12(3)19(21)15(8-13)16(25-4)9-17(26)27;1-5-7-14(4)8-9(3)13-10(6-2)11(12)15;1-6(2)4-3-5-7/h5-8,16,25H,9H2,1-4H3,(H,26,27);6H,5,7-8H2,1-4H3,(H2,12,15);5-6H,3-4H2,1-2H3/b;10-6-,13-9?;. The van der Waals surface area contributed by atoms with Crippen molar-refractivity contribution in [2.45, 2.75) is 93.3 Å². The van der Waals surface area contributed by atoms with Gasteiger partial charge in [0.2, 0.25) is 0 Å². The number of hydrogen-bond acceptors (Lipinski definition) is 6. The van der Waals surface area contributed by atoms with Gasteiger partial charge in [0, 0.05) is 30.3 Å². The predicted octanol–water partition coefficient (Wildman–Crippen LogP) is 7.97. The summed E-state index contributed by atoms with van der Waals surface area (Å²) in [5.41, 5.74) is 8.09. The highest BCUT2D eigenvalue weighted by atomic mass is 19.4. The zero-order valence-corrected chi connectivity index (χ0v) is 30.5. The molecule has 1 unspecified atom stereocenters. The van der Waals surface area contributed by atoms with Crippen molar-refractivity contribution < 1.29 is 37.1 Å². The first-order valence-electron chi connectivity index (χ1n) is 16.2. The Hall–Kier alpha value is -3.90. The van der Waals surface area contributed by atoms with E-state index in [1.54, 1.807) is 39.8 Å². The summed E-state index contributed by atoms with van der Waals surface area (Å²) in [4.78, 5) is 38.0. The number of aldehydes is 1. The summed E-state index contributed by atoms with van der Waals surface area (Å²) < 4.78 is 53.7. The number of alkyl halides is 3. The number of carbonyl (C=O) groups is 3. The van der Waals surface area contributed by atoms with Crippen LogP contribution in [0.15, 0.2) is 41.0 Å². The predicted molar refractivity (Wildman–Crippen MR) is 189 cm³/mol. The highest BCUT2D eigenvalue weighted by Gasteiger charge is 2.31. The number of aliphatic carboxylic acids is 1. The lowest BCUT2D eigenvalue weighted by molar-refractivity contribution is -0.138. The fourth-order valence-corrected chi connectivity index (χ4v) is 5.08. The van der Waals surface area contributed by atoms with Crippen LogP contribution in [0.5, 0.6) is 0 Å². The number of rotatable bonds is 14. The molecule has 1 atom stereocenters. The number of primary amides is 1. The number of nitrogens with two attached hydrogens (primary N) is 1. The number of aryl methyl sites for hydroxylation is 3. The number of nitrogens with one attached hydrogen (secondary N) is 1. The van der Waals surface area contributed by atoms with Crippen molar-refractivity contribution in [1.82, 2.24) is 10.2 Å². The Morgan fingerprint density at radius 2 is 1.65 bits per heavy atom. The van der Waals surface area contributed by atoms with Gasteiger partial charge in [-0.2, -0.15) is 13.2 Å². The van der Waals surface area contributed by atoms with Gasteiger partial charge in [0.1, 0.15) is 17.8 Å². The zero-order valence-electron chi connectivity index (χ0n) is 30.5. The van der Waals surface area contributed by atoms with E-state index in [9.17, 15) is 31.9 Å². The second kappa shape index (κ2) is 21.9. The molecule has 0 aliphatic heterocycles. The second-order valence-electron chi connectivity index (χ2n) is 12.4. The van der Waals surface area contributed by atoms with Crippen molar-refractivity contribution in [3.63, 3.8) is 0 Å². The quantitative estimate of drug-likeness (QED) is 0.0798. The third-order valence-corrected chi connectivity index (χ3v) is 7.34. The molecule has 8 nitrogen and oxygen atoms in total. The number of carbonyl (C=O) groups excluding carboxylic acids is 2. The van der Waals surface area contributed by atoms with Crippen molar-refractivity contribution in [2.24, 2.45) is 16.6 Å². The van der Waals surface area contributed by atoms with E-state index in [0.29, 0.717) is 39.4 Å². The van der Waals surface area contributed by atoms with Crippen molar-refractivity contribution in [1.29, 1.82) is 0 Å². The highest BCUT2D eigenvalue weighted by molar-refractivity contribution is 5.96. The van der Waals surface area contributed by atoms with Gasteiger partial charge in [0.25, 0.3) is 5.91 Å². The lowest BCUT2D eigenvalue weighted by atomic mass is 9.89. The maximum atomic E-state index is 14.6. The fraction of sp³-hybridized carbons (Fsp3) is 0.514. The van der Waals surface area contributed by atoms with Gasteiger partial charge < -0.3 is 25.9 Å². The van der Waals surface area contributed by atoms with Crippen LogP contribution >= 0.6 is 0 Å². The molecule has 2 aromatic carbocycles. The SMILES string of the molecule is C/C=C(\N=C(C)CN(C)CCC)C(N)=O.CC(C)CCC=O.CNC(CC(=O)O)c1cc(-c2c(C)cc(C(F)(F)F)cc2C)cc(C)c1F. The van der Waals surface area contributed by atoms with Crippen molar-refractivity contribution in [2.75, 3.05) is 27.2 Å². The number of allylic oxidation sites excluding steroid dienone is 1. The maximum Gasteiger partial charge on any atom is 0.416 e. The van der Waals surface area contributed by atoms with Gasteiger partial charge in [-0.3, -0.25) is 14.6 Å². The van der Waals surface area contributed by atoms with Gasteiger partial charge in [-0.25, -0.2) is 4.39 Å². The number of aliphatic imine (C=N–C) groups is 1. The first-order chi connectivity index (χ1) is 22.7. The van der Waals surface area contributed by atoms with Crippen molar-refractivity contribution in [3.8, 4) is 11.1 Å². The minimum absolute atomic E-state index is 0.175. The number of nitrogens with zero attached hydrogens (tertiary/aromatic N) is 2. The van der Waals surface area contributed by atoms with Crippen molar-refractivity contribution >= 4 is 23.9 Å². The number of carboxylic acid groups (broad SMARTS) is 1. The summed E-state index contributed by atoms with van der Waals surface area (Å²) in [6.07, 6.45) is 0.695. The Labute approximate surface area is 288 Å². The summed E-state index contributed by atoms with van der Waals surface area (Å²) >= 11 is 0. The normalized spacial score (nSPS) is 12.6. The van der Waals surface area contributed by atoms with Crippen LogP contribution in [0.1, 0.15) is 94.2 Å². The molecule has 12 heteroatoms. The van der Waals surface area contributed by atoms with Gasteiger partial charge in [0.05, 0.1) is 12.0 Å². The zero-order chi connectivity index (χ0) is 38.1. The van der Waals surface area contributed by atoms with E-state index in [1.807, 2.05) is 14.0 Å². The van der Waals surface area contributed by atoms with Gasteiger partial charge in [-0.15, -0.1) is 0 Å². The maximum absolute atomic E-state index is 14.6. The molecule has 2 aromatic rings. The molecule has 0 aliphatic rings. The first-order valence-corrected chi connectivity index (χ1v) is 16.2. The number of carboxylic acids is 1. The minimum atomic E-state index is -4.45. The van der Waals surface area contributed by atoms with E-state index >= 15 is 0 Å². The molecule has 1 amide bonds. The average molecular weight is 695 g/mol. The smallest absolute Gasteiger partial charge is 0.416 e. The summed E-state index contributed by atoms with van der Waals surface area (Å²) in [5, 5.41) is 11.8. The van der Waals surface area contributed by atoms with Crippen LogP contribution in [0.4, 0.5) is 17.6 Å². The number of halogens is 4. The molecule has 274 valence electrons. The van der Waals surface area contributed by atoms with Crippen LogP contribution < -0.4 is 11.1 Å². The molecule has 0 aromatic heterocycles. The fourth-order valence-electron chi connectivity index (χ4n) is 5.08. The number of benzene rings is 2.